The Balaban J connectivity index is -0.0000000114. The molecule has 0 saturated carbocycles. The summed E-state index contributed by atoms with van der Waals surface area (Å²) >= 11 is 0. The van der Waals surface area contributed by atoms with Crippen molar-refractivity contribution in [3.05, 3.63) is 0 Å². The van der Waals surface area contributed by atoms with E-state index < -0.39 is 0 Å². The van der Waals surface area contributed by atoms with Gasteiger partial charge in [-0.05, 0) is 0 Å². The van der Waals surface area contributed by atoms with Crippen molar-refractivity contribution in [2.75, 3.05) is 0 Å². The largest absolute Gasteiger partial charge is 1.00 e. The molecular weight excluding hydrogens is 347 g/mol. The van der Waals surface area contributed by atoms with Gasteiger partial charge in [0.15, 0.2) is 0 Å². The van der Waals surface area contributed by atoms with Crippen LogP contribution < -0.4 is 51.4 Å². The van der Waals surface area contributed by atoms with Gasteiger partial charge in [-0.15, -0.1) is 0 Å². The first-order valence-electron chi connectivity index (χ1n) is 2.68. The molecule has 106 valence electrons. The number of hydrogen-bond donors (Lipinski definition) is 6. The Morgan fingerprint density at radius 1 is 0.450 bits per heavy atom. The number of nitrogens with zero attached hydrogens (tertiary/aromatic N) is 6. The van der Waals surface area contributed by atoms with Crippen LogP contribution in [0.25, 0.3) is 0 Å². The molecule has 6 N–H and O–H groups in total. The Kier molecular flexibility index (Phi) is 734. The first kappa shape index (κ1) is 52.2. The molecule has 0 fully saturated rings. The van der Waals surface area contributed by atoms with Gasteiger partial charge >= 0.3 is 51.4 Å². The smallest absolute Gasteiger partial charge is 1.00 e. The van der Waals surface area contributed by atoms with Crippen LogP contribution in [-0.4, -0.2) is 30.6 Å². The summed E-state index contributed by atoms with van der Waals surface area (Å²) in [6.07, 6.45) is 4.50. The Hall–Kier alpha value is -2.10. The third kappa shape index (κ3) is 797. The molecule has 0 aliphatic heterocycles. The van der Waals surface area contributed by atoms with Gasteiger partial charge in [0.2, 0.25) is 0 Å². The molecule has 0 saturated heterocycles. The summed E-state index contributed by atoms with van der Waals surface area (Å²) in [6, 6.07) is 0. The zero-order chi connectivity index (χ0) is 16.2. The monoisotopic (exact) mass is 354 g/mol. The van der Waals surface area contributed by atoms with Crippen molar-refractivity contribution in [1.29, 1.82) is 31.6 Å². The Morgan fingerprint density at radius 3 is 0.450 bits per heavy atom. The maximum atomic E-state index is 6.88. The van der Waals surface area contributed by atoms with Gasteiger partial charge in [-0.2, -0.15) is 31.6 Å². The quantitative estimate of drug-likeness (QED) is 0.180. The molecule has 12 nitrogen and oxygen atoms in total. The van der Waals surface area contributed by atoms with Crippen LogP contribution in [0.15, 0.2) is 0 Å². The van der Waals surface area contributed by atoms with Crippen LogP contribution in [-0.2, 0) is 17.1 Å². The zero-order valence-electron chi connectivity index (χ0n) is 10.7. The number of hydrogen-bond acceptors (Lipinski definition) is 12. The van der Waals surface area contributed by atoms with E-state index in [2.05, 4.69) is 0 Å². The van der Waals surface area contributed by atoms with Crippen molar-refractivity contribution in [3.8, 4) is 37.5 Å². The van der Waals surface area contributed by atoms with Gasteiger partial charge in [-0.3, -0.25) is 0 Å². The molecule has 0 spiro atoms. The molecular formula is C6H7FeKN6O6. The number of nitriles is 6. The number of aliphatic hydroxyl groups excluding tert-OH is 6. The van der Waals surface area contributed by atoms with E-state index in [1.54, 1.807) is 0 Å². The summed E-state index contributed by atoms with van der Waals surface area (Å²) in [5, 5.41) is 82.5. The minimum atomic E-state index is 0. The third-order valence-electron chi connectivity index (χ3n) is 0. The van der Waals surface area contributed by atoms with Gasteiger partial charge in [-0.25, -0.2) is 0 Å². The third-order valence-corrected chi connectivity index (χ3v) is 0. The summed E-state index contributed by atoms with van der Waals surface area (Å²) < 4.78 is 0. The molecule has 0 atom stereocenters. The van der Waals surface area contributed by atoms with Gasteiger partial charge in [0.05, 0.1) is 0 Å². The molecule has 0 bridgehead atoms. The summed E-state index contributed by atoms with van der Waals surface area (Å²) in [5.74, 6) is 0. The second-order valence-corrected chi connectivity index (χ2v) is 0.600. The van der Waals surface area contributed by atoms with Gasteiger partial charge in [0.1, 0.15) is 0 Å². The fourth-order valence-electron chi connectivity index (χ4n) is 0. The van der Waals surface area contributed by atoms with Gasteiger partial charge in [0.25, 0.3) is 37.5 Å². The normalized spacial score (nSPS) is 2.10. The minimum absolute atomic E-state index is 0. The van der Waals surface area contributed by atoms with Crippen molar-refractivity contribution in [1.82, 2.24) is 0 Å². The minimum Gasteiger partial charge on any atom is -1.00 e. The van der Waals surface area contributed by atoms with Crippen molar-refractivity contribution >= 4 is 0 Å². The molecule has 0 rings (SSSR count). The first-order valence-corrected chi connectivity index (χ1v) is 2.68. The molecule has 0 heterocycles. The van der Waals surface area contributed by atoms with Crippen molar-refractivity contribution in [2.45, 2.75) is 0 Å². The molecule has 0 amide bonds. The van der Waals surface area contributed by atoms with Gasteiger partial charge < -0.3 is 32.1 Å². The van der Waals surface area contributed by atoms with E-state index >= 15 is 0 Å². The van der Waals surface area contributed by atoms with Gasteiger partial charge in [-0.1, -0.05) is 0 Å². The van der Waals surface area contributed by atoms with Crippen LogP contribution in [0.5, 0.6) is 0 Å². The number of aliphatic hydroxyl groups is 6. The molecule has 0 unspecified atom stereocenters. The van der Waals surface area contributed by atoms with Crippen molar-refractivity contribution in [3.63, 3.8) is 0 Å². The fraction of sp³-hybridized carbons (Fsp3) is 0. The first-order chi connectivity index (χ1) is 8.49. The zero-order valence-corrected chi connectivity index (χ0v) is 13.9. The van der Waals surface area contributed by atoms with E-state index in [0.29, 0.717) is 0 Å². The van der Waals surface area contributed by atoms with E-state index in [-0.39, 0.29) is 69.9 Å². The number of rotatable bonds is 0. The summed E-state index contributed by atoms with van der Waals surface area (Å²) in [5.41, 5.74) is 0. The van der Waals surface area contributed by atoms with Crippen LogP contribution in [0.2, 0.25) is 0 Å². The maximum absolute atomic E-state index is 6.88. The van der Waals surface area contributed by atoms with Crippen LogP contribution in [0.4, 0.5) is 0 Å². The molecule has 0 aromatic carbocycles. The molecule has 0 radical (unpaired) electrons. The second kappa shape index (κ2) is 281. The molecule has 0 aromatic rings. The van der Waals surface area contributed by atoms with E-state index in [1.165, 1.54) is 0 Å². The van der Waals surface area contributed by atoms with Crippen LogP contribution in [0.1, 0.15) is 1.43 Å². The molecule has 14 heteroatoms. The average Bonchev–Trinajstić information content (AvgIpc) is 2.23. The topological polar surface area (TPSA) is 264 Å². The summed E-state index contributed by atoms with van der Waals surface area (Å²) in [6.45, 7) is 0. The summed E-state index contributed by atoms with van der Waals surface area (Å²) in [4.78, 5) is 0. The van der Waals surface area contributed by atoms with Crippen LogP contribution in [0, 0.1) is 69.1 Å². The van der Waals surface area contributed by atoms with E-state index in [0.717, 1.165) is 37.5 Å². The SMILES string of the molecule is N#CO.N#CO.N#CO.N#CO.N#CO.N#CO.[Fe].[H-].[K+]. The summed E-state index contributed by atoms with van der Waals surface area (Å²) in [7, 11) is 0. The molecule has 0 aliphatic carbocycles. The fourth-order valence-corrected chi connectivity index (χ4v) is 0. The average molecular weight is 354 g/mol. The molecule has 20 heavy (non-hydrogen) atoms. The van der Waals surface area contributed by atoms with E-state index in [9.17, 15) is 0 Å². The van der Waals surface area contributed by atoms with Crippen molar-refractivity contribution < 1.29 is 101 Å². The van der Waals surface area contributed by atoms with E-state index in [4.69, 9.17) is 62.2 Å². The second-order valence-electron chi connectivity index (χ2n) is 0.600. The van der Waals surface area contributed by atoms with Gasteiger partial charge in [0, 0.05) is 17.1 Å². The van der Waals surface area contributed by atoms with E-state index in [1.807, 2.05) is 0 Å². The Labute approximate surface area is 168 Å². The Morgan fingerprint density at radius 2 is 0.450 bits per heavy atom. The molecule has 0 aliphatic rings. The van der Waals surface area contributed by atoms with Crippen LogP contribution >= 0.6 is 0 Å². The molecule has 0 aromatic heterocycles. The Bertz CT molecular complexity index is 268. The maximum Gasteiger partial charge on any atom is 1.00 e. The standard InChI is InChI=1S/6CHNO.Fe.K.H/c6*2-1-3;;;/h6*3H;;;/q;;;;;;;+1;-1. The predicted octanol–water partition coefficient (Wildman–Crippen LogP) is -3.85. The predicted molar refractivity (Wildman–Crippen MR) is 46.4 cm³/mol. The van der Waals surface area contributed by atoms with Crippen LogP contribution in [0.3, 0.4) is 0 Å². The van der Waals surface area contributed by atoms with Crippen molar-refractivity contribution in [2.24, 2.45) is 0 Å².